The zero-order valence-electron chi connectivity index (χ0n) is 14.8. The third-order valence-electron chi connectivity index (χ3n) is 3.86. The monoisotopic (exact) mass is 425 g/mol. The molecular formula is C14H36Cl2CuN4O2. The van der Waals surface area contributed by atoms with Gasteiger partial charge in [0, 0.05) is 38.3 Å². The smallest absolute Gasteiger partial charge is 1.00 e. The van der Waals surface area contributed by atoms with Crippen LogP contribution in [0.1, 0.15) is 26.7 Å². The van der Waals surface area contributed by atoms with Crippen LogP contribution in [0.15, 0.2) is 0 Å². The molecule has 6 nitrogen and oxygen atoms in total. The Bertz CT molecular complexity index is 193. The van der Waals surface area contributed by atoms with Crippen LogP contribution in [0.5, 0.6) is 0 Å². The minimum absolute atomic E-state index is 0. The van der Waals surface area contributed by atoms with E-state index in [1.165, 1.54) is 25.9 Å². The Morgan fingerprint density at radius 3 is 1.30 bits per heavy atom. The quantitative estimate of drug-likeness (QED) is 0.376. The van der Waals surface area contributed by atoms with E-state index in [9.17, 15) is 0 Å². The van der Waals surface area contributed by atoms with Crippen molar-refractivity contribution >= 4 is 0 Å². The van der Waals surface area contributed by atoms with Gasteiger partial charge in [-0.3, -0.25) is 0 Å². The van der Waals surface area contributed by atoms with Crippen molar-refractivity contribution in [2.75, 3.05) is 53.4 Å². The second-order valence-corrected chi connectivity index (χ2v) is 5.89. The van der Waals surface area contributed by atoms with Crippen molar-refractivity contribution in [1.29, 1.82) is 0 Å². The Morgan fingerprint density at radius 2 is 1.00 bits per heavy atom. The fourth-order valence-corrected chi connectivity index (χ4v) is 2.26. The molecule has 1 aliphatic rings. The summed E-state index contributed by atoms with van der Waals surface area (Å²) >= 11 is 0. The first kappa shape index (κ1) is 35.1. The van der Waals surface area contributed by atoms with Crippen molar-refractivity contribution in [3.8, 4) is 0 Å². The van der Waals surface area contributed by atoms with Crippen LogP contribution in [0.4, 0.5) is 0 Å². The van der Waals surface area contributed by atoms with Crippen LogP contribution in [-0.2, 0) is 17.1 Å². The molecule has 0 unspecified atom stereocenters. The minimum Gasteiger partial charge on any atom is -1.00 e. The molecule has 0 aromatic rings. The van der Waals surface area contributed by atoms with Gasteiger partial charge in [0.2, 0.25) is 0 Å². The van der Waals surface area contributed by atoms with Gasteiger partial charge >= 0.3 is 17.1 Å². The van der Waals surface area contributed by atoms with Gasteiger partial charge in [0.25, 0.3) is 0 Å². The molecule has 0 saturated carbocycles. The molecule has 1 radical (unpaired) electrons. The van der Waals surface area contributed by atoms with Gasteiger partial charge in [-0.05, 0) is 53.9 Å². The van der Waals surface area contributed by atoms with Gasteiger partial charge in [-0.1, -0.05) is 0 Å². The van der Waals surface area contributed by atoms with E-state index < -0.39 is 0 Å². The molecule has 6 N–H and O–H groups in total. The summed E-state index contributed by atoms with van der Waals surface area (Å²) in [5.74, 6) is 0. The third kappa shape index (κ3) is 19.0. The first-order valence-electron chi connectivity index (χ1n) is 7.41. The maximum Gasteiger partial charge on any atom is 2.00 e. The van der Waals surface area contributed by atoms with Gasteiger partial charge in [-0.2, -0.15) is 0 Å². The standard InChI is InChI=1S/C14H32N4.2ClH.Cu.2H2O/c1-13-5-9-17(3)12-8-16-14(2)6-10-18(4)11-7-15-13;;;;;/h13-16H,5-12H2,1-4H3;2*1H;;2*1H2/q;;;+2;;/p-2/t13-,14+;;;;;. The van der Waals surface area contributed by atoms with E-state index in [0.29, 0.717) is 12.1 Å². The fraction of sp³-hybridized carbons (Fsp3) is 1.00. The number of rotatable bonds is 0. The zero-order chi connectivity index (χ0) is 13.4. The third-order valence-corrected chi connectivity index (χ3v) is 3.86. The maximum atomic E-state index is 3.61. The Labute approximate surface area is 165 Å². The van der Waals surface area contributed by atoms with Gasteiger partial charge < -0.3 is 56.2 Å². The number of nitrogens with zero attached hydrogens (tertiary/aromatic N) is 2. The molecule has 0 aliphatic carbocycles. The average Bonchev–Trinajstić information content (AvgIpc) is 2.33. The fourth-order valence-electron chi connectivity index (χ4n) is 2.26. The van der Waals surface area contributed by atoms with Crippen LogP contribution in [0.2, 0.25) is 0 Å². The van der Waals surface area contributed by atoms with E-state index in [2.05, 4.69) is 48.4 Å². The van der Waals surface area contributed by atoms with E-state index in [1.807, 2.05) is 0 Å². The molecule has 1 rings (SSSR count). The second kappa shape index (κ2) is 20.9. The summed E-state index contributed by atoms with van der Waals surface area (Å²) in [5.41, 5.74) is 0. The zero-order valence-corrected chi connectivity index (χ0v) is 17.2. The van der Waals surface area contributed by atoms with Gasteiger partial charge in [-0.25, -0.2) is 0 Å². The summed E-state index contributed by atoms with van der Waals surface area (Å²) in [4.78, 5) is 4.85. The summed E-state index contributed by atoms with van der Waals surface area (Å²) < 4.78 is 0. The maximum absolute atomic E-state index is 3.61. The number of halogens is 2. The van der Waals surface area contributed by atoms with Crippen LogP contribution in [0, 0.1) is 0 Å². The molecule has 0 amide bonds. The van der Waals surface area contributed by atoms with E-state index >= 15 is 0 Å². The topological polar surface area (TPSA) is 93.5 Å². The van der Waals surface area contributed by atoms with Crippen molar-refractivity contribution in [3.63, 3.8) is 0 Å². The summed E-state index contributed by atoms with van der Waals surface area (Å²) in [6.45, 7) is 11.4. The van der Waals surface area contributed by atoms with Crippen LogP contribution in [0.3, 0.4) is 0 Å². The normalized spacial score (nSPS) is 25.0. The van der Waals surface area contributed by atoms with Gasteiger partial charge in [0.1, 0.15) is 0 Å². The first-order chi connectivity index (χ1) is 8.58. The molecule has 1 fully saturated rings. The van der Waals surface area contributed by atoms with Crippen LogP contribution >= 0.6 is 0 Å². The summed E-state index contributed by atoms with van der Waals surface area (Å²) in [6, 6.07) is 1.24. The van der Waals surface area contributed by atoms with Gasteiger partial charge in [-0.15, -0.1) is 0 Å². The summed E-state index contributed by atoms with van der Waals surface area (Å²) in [6.07, 6.45) is 2.46. The average molecular weight is 427 g/mol. The molecule has 9 heteroatoms. The molecule has 0 spiro atoms. The van der Waals surface area contributed by atoms with Gasteiger partial charge in [0.15, 0.2) is 0 Å². The molecular weight excluding hydrogens is 391 g/mol. The predicted octanol–water partition coefficient (Wildman–Crippen LogP) is -7.04. The minimum atomic E-state index is 0. The van der Waals surface area contributed by atoms with Crippen molar-refractivity contribution in [2.24, 2.45) is 0 Å². The Kier molecular flexibility index (Phi) is 31.9. The number of hydrogen-bond acceptors (Lipinski definition) is 4. The molecule has 1 heterocycles. The van der Waals surface area contributed by atoms with Gasteiger partial charge in [0.05, 0.1) is 0 Å². The molecule has 149 valence electrons. The van der Waals surface area contributed by atoms with E-state index in [4.69, 9.17) is 0 Å². The second-order valence-electron chi connectivity index (χ2n) is 5.89. The SMILES string of the molecule is C[C@@H]1CCN(C)CCN[C@@H](C)CCN(C)CCN1.O.O.[Cl-].[Cl-].[Cu+2]. The number of hydrogen-bond donors (Lipinski definition) is 2. The molecule has 1 aliphatic heterocycles. The van der Waals surface area contributed by atoms with Crippen molar-refractivity contribution in [2.45, 2.75) is 38.8 Å². The van der Waals surface area contributed by atoms with Crippen LogP contribution in [-0.4, -0.2) is 86.2 Å². The molecule has 2 atom stereocenters. The Hall–Kier alpha value is 0.859. The number of likely N-dealkylation sites (N-methyl/N-ethyl adjacent to an activating group) is 2. The molecule has 0 aromatic heterocycles. The molecule has 0 bridgehead atoms. The molecule has 0 aromatic carbocycles. The van der Waals surface area contributed by atoms with E-state index in [-0.39, 0.29) is 52.8 Å². The predicted molar refractivity (Wildman–Crippen MR) is 86.4 cm³/mol. The summed E-state index contributed by atoms with van der Waals surface area (Å²) in [5, 5.41) is 7.23. The number of nitrogens with one attached hydrogen (secondary N) is 2. The Balaban J connectivity index is -0.000000216. The van der Waals surface area contributed by atoms with E-state index in [1.54, 1.807) is 0 Å². The van der Waals surface area contributed by atoms with Crippen LogP contribution < -0.4 is 35.4 Å². The van der Waals surface area contributed by atoms with Crippen molar-refractivity contribution in [1.82, 2.24) is 20.4 Å². The first-order valence-corrected chi connectivity index (χ1v) is 7.41. The largest absolute Gasteiger partial charge is 2.00 e. The van der Waals surface area contributed by atoms with Crippen molar-refractivity contribution < 1.29 is 52.8 Å². The van der Waals surface area contributed by atoms with E-state index in [0.717, 1.165) is 26.2 Å². The Morgan fingerprint density at radius 1 is 0.696 bits per heavy atom. The molecule has 1 saturated heterocycles. The summed E-state index contributed by atoms with van der Waals surface area (Å²) in [7, 11) is 4.44. The van der Waals surface area contributed by atoms with Crippen molar-refractivity contribution in [3.05, 3.63) is 0 Å². The van der Waals surface area contributed by atoms with Crippen LogP contribution in [0.25, 0.3) is 0 Å². The molecule has 23 heavy (non-hydrogen) atoms.